The number of carbonyl (C=O) groups is 1. The summed E-state index contributed by atoms with van der Waals surface area (Å²) in [7, 11) is 0. The normalized spacial score (nSPS) is 18.6. The Hall–Kier alpha value is -2.58. The summed E-state index contributed by atoms with van der Waals surface area (Å²) in [5.74, 6) is -0.134. The highest BCUT2D eigenvalue weighted by Gasteiger charge is 2.41. The first-order chi connectivity index (χ1) is 13.1. The smallest absolute Gasteiger partial charge is 0.272 e. The van der Waals surface area contributed by atoms with Crippen LogP contribution in [-0.4, -0.2) is 57.8 Å². The molecule has 0 saturated carbocycles. The van der Waals surface area contributed by atoms with Gasteiger partial charge in [-0.25, -0.2) is 9.97 Å². The Morgan fingerprint density at radius 3 is 2.74 bits per heavy atom. The van der Waals surface area contributed by atoms with E-state index in [9.17, 15) is 4.79 Å². The van der Waals surface area contributed by atoms with Crippen molar-refractivity contribution >= 4 is 11.9 Å². The molecule has 0 aliphatic carbocycles. The summed E-state index contributed by atoms with van der Waals surface area (Å²) in [6, 6.07) is 5.58. The highest BCUT2D eigenvalue weighted by molar-refractivity contribution is 5.92. The van der Waals surface area contributed by atoms with E-state index < -0.39 is 5.79 Å². The number of hydrogen-bond acceptors (Lipinski definition) is 7. The summed E-state index contributed by atoms with van der Waals surface area (Å²) in [5, 5.41) is 3.17. The van der Waals surface area contributed by atoms with Crippen LogP contribution < -0.4 is 5.32 Å². The molecule has 2 aromatic rings. The quantitative estimate of drug-likeness (QED) is 0.878. The van der Waals surface area contributed by atoms with E-state index in [1.54, 1.807) is 18.5 Å². The maximum atomic E-state index is 12.9. The number of aryl methyl sites for hydroxylation is 1. The van der Waals surface area contributed by atoms with Gasteiger partial charge in [-0.2, -0.15) is 0 Å². The molecule has 1 spiro atoms. The van der Waals surface area contributed by atoms with Gasteiger partial charge < -0.3 is 19.7 Å². The molecule has 27 heavy (non-hydrogen) atoms. The molecule has 0 aromatic carbocycles. The van der Waals surface area contributed by atoms with Crippen LogP contribution >= 0.6 is 0 Å². The number of hydrogen-bond donors (Lipinski definition) is 1. The van der Waals surface area contributed by atoms with Gasteiger partial charge in [0.1, 0.15) is 5.69 Å². The van der Waals surface area contributed by atoms with Crippen molar-refractivity contribution in [2.24, 2.45) is 0 Å². The zero-order valence-corrected chi connectivity index (χ0v) is 15.4. The first-order valence-electron chi connectivity index (χ1n) is 9.19. The molecule has 1 N–H and O–H groups in total. The number of likely N-dealkylation sites (tertiary alicyclic amines) is 1. The molecule has 2 aliphatic heterocycles. The molecule has 1 amide bonds. The fraction of sp³-hybridized carbons (Fsp3) is 0.474. The fourth-order valence-corrected chi connectivity index (χ4v) is 3.44. The summed E-state index contributed by atoms with van der Waals surface area (Å²) in [6.07, 6.45) is 4.89. The monoisotopic (exact) mass is 369 g/mol. The van der Waals surface area contributed by atoms with Crippen molar-refractivity contribution < 1.29 is 14.3 Å². The van der Waals surface area contributed by atoms with Crippen molar-refractivity contribution in [1.29, 1.82) is 0 Å². The predicted octanol–water partition coefficient (Wildman–Crippen LogP) is 1.77. The second-order valence-electron chi connectivity index (χ2n) is 6.83. The first-order valence-corrected chi connectivity index (χ1v) is 9.19. The van der Waals surface area contributed by atoms with Gasteiger partial charge in [-0.05, 0) is 24.6 Å². The highest BCUT2D eigenvalue weighted by Crippen LogP contribution is 2.31. The Balaban J connectivity index is 1.42. The molecule has 8 nitrogen and oxygen atoms in total. The van der Waals surface area contributed by atoms with Gasteiger partial charge in [0, 0.05) is 50.6 Å². The molecule has 2 aromatic heterocycles. The van der Waals surface area contributed by atoms with Crippen LogP contribution in [0.4, 0.5) is 5.95 Å². The minimum Gasteiger partial charge on any atom is -0.350 e. The summed E-state index contributed by atoms with van der Waals surface area (Å²) >= 11 is 0. The number of aromatic nitrogens is 3. The number of ether oxygens (including phenoxy) is 2. The van der Waals surface area contributed by atoms with Crippen molar-refractivity contribution in [3.63, 3.8) is 0 Å². The van der Waals surface area contributed by atoms with E-state index in [0.29, 0.717) is 57.3 Å². The second kappa shape index (κ2) is 7.58. The van der Waals surface area contributed by atoms with E-state index in [2.05, 4.69) is 20.3 Å². The lowest BCUT2D eigenvalue weighted by Crippen LogP contribution is -2.47. The number of nitrogens with zero attached hydrogens (tertiary/aromatic N) is 4. The van der Waals surface area contributed by atoms with Crippen molar-refractivity contribution in [1.82, 2.24) is 19.9 Å². The van der Waals surface area contributed by atoms with E-state index in [1.807, 2.05) is 24.0 Å². The first kappa shape index (κ1) is 17.8. The SMILES string of the molecule is Cc1cc(C(=O)N2CCC3(CC2)OCCO3)nc(NCc2cccnc2)n1. The molecule has 0 atom stereocenters. The zero-order valence-electron chi connectivity index (χ0n) is 15.4. The second-order valence-corrected chi connectivity index (χ2v) is 6.83. The van der Waals surface area contributed by atoms with E-state index >= 15 is 0 Å². The third kappa shape index (κ3) is 4.06. The summed E-state index contributed by atoms with van der Waals surface area (Å²) in [4.78, 5) is 27.6. The van der Waals surface area contributed by atoms with Crippen LogP contribution in [0.3, 0.4) is 0 Å². The fourth-order valence-electron chi connectivity index (χ4n) is 3.44. The number of piperidine rings is 1. The lowest BCUT2D eigenvalue weighted by atomic mass is 10.0. The average Bonchev–Trinajstić information content (AvgIpc) is 3.15. The van der Waals surface area contributed by atoms with E-state index in [-0.39, 0.29) is 5.91 Å². The third-order valence-electron chi connectivity index (χ3n) is 4.87. The summed E-state index contributed by atoms with van der Waals surface area (Å²) in [5.41, 5.74) is 2.17. The van der Waals surface area contributed by atoms with Gasteiger partial charge in [-0.15, -0.1) is 0 Å². The lowest BCUT2D eigenvalue weighted by Gasteiger charge is -2.37. The van der Waals surface area contributed by atoms with Crippen molar-refractivity contribution in [2.75, 3.05) is 31.6 Å². The van der Waals surface area contributed by atoms with E-state index in [1.165, 1.54) is 0 Å². The molecule has 8 heteroatoms. The minimum absolute atomic E-state index is 0.0854. The molecular formula is C19H23N5O3. The van der Waals surface area contributed by atoms with Gasteiger partial charge in [0.2, 0.25) is 5.95 Å². The zero-order chi connectivity index (χ0) is 18.7. The maximum absolute atomic E-state index is 12.9. The summed E-state index contributed by atoms with van der Waals surface area (Å²) < 4.78 is 11.5. The van der Waals surface area contributed by atoms with Crippen LogP contribution in [0.5, 0.6) is 0 Å². The Morgan fingerprint density at radius 1 is 1.26 bits per heavy atom. The van der Waals surface area contributed by atoms with Crippen molar-refractivity contribution in [2.45, 2.75) is 32.1 Å². The van der Waals surface area contributed by atoms with Gasteiger partial charge in [0.05, 0.1) is 13.2 Å². The Kier molecular flexibility index (Phi) is 5.00. The molecule has 4 rings (SSSR count). The van der Waals surface area contributed by atoms with E-state index in [4.69, 9.17) is 9.47 Å². The predicted molar refractivity (Wildman–Crippen MR) is 98.1 cm³/mol. The molecule has 4 heterocycles. The van der Waals surface area contributed by atoms with Gasteiger partial charge >= 0.3 is 0 Å². The van der Waals surface area contributed by atoms with Crippen LogP contribution in [-0.2, 0) is 16.0 Å². The van der Waals surface area contributed by atoms with Crippen molar-refractivity contribution in [3.05, 3.63) is 47.5 Å². The number of anilines is 1. The molecule has 2 fully saturated rings. The molecular weight excluding hydrogens is 346 g/mol. The van der Waals surface area contributed by atoms with Crippen LogP contribution in [0.25, 0.3) is 0 Å². The maximum Gasteiger partial charge on any atom is 0.272 e. The topological polar surface area (TPSA) is 89.5 Å². The number of pyridine rings is 1. The average molecular weight is 369 g/mol. The number of amides is 1. The number of rotatable bonds is 4. The van der Waals surface area contributed by atoms with Crippen LogP contribution in [0.1, 0.15) is 34.6 Å². The molecule has 2 saturated heterocycles. The third-order valence-corrected chi connectivity index (χ3v) is 4.87. The summed E-state index contributed by atoms with van der Waals surface area (Å²) in [6.45, 7) is 4.86. The van der Waals surface area contributed by atoms with Gasteiger partial charge in [-0.1, -0.05) is 6.07 Å². The van der Waals surface area contributed by atoms with E-state index in [0.717, 1.165) is 11.3 Å². The number of carbonyl (C=O) groups excluding carboxylic acids is 1. The van der Waals surface area contributed by atoms with Crippen LogP contribution in [0.15, 0.2) is 30.6 Å². The number of nitrogens with one attached hydrogen (secondary N) is 1. The molecule has 0 bridgehead atoms. The molecule has 0 radical (unpaired) electrons. The van der Waals surface area contributed by atoms with Gasteiger partial charge in [0.25, 0.3) is 5.91 Å². The van der Waals surface area contributed by atoms with Crippen molar-refractivity contribution in [3.8, 4) is 0 Å². The minimum atomic E-state index is -0.491. The van der Waals surface area contributed by atoms with Gasteiger partial charge in [-0.3, -0.25) is 9.78 Å². The molecule has 142 valence electrons. The standard InChI is InChI=1S/C19H23N5O3/c1-14-11-16(23-18(22-14)21-13-15-3-2-6-20-12-15)17(25)24-7-4-19(5-8-24)26-9-10-27-19/h2-3,6,11-12H,4-5,7-10,13H2,1H3,(H,21,22,23). The highest BCUT2D eigenvalue weighted by atomic mass is 16.7. The Bertz CT molecular complexity index is 798. The van der Waals surface area contributed by atoms with Crippen LogP contribution in [0.2, 0.25) is 0 Å². The Morgan fingerprint density at radius 2 is 2.04 bits per heavy atom. The Labute approximate surface area is 157 Å². The molecule has 2 aliphatic rings. The molecule has 0 unspecified atom stereocenters. The van der Waals surface area contributed by atoms with Crippen LogP contribution in [0, 0.1) is 6.92 Å². The lowest BCUT2D eigenvalue weighted by molar-refractivity contribution is -0.181. The largest absolute Gasteiger partial charge is 0.350 e. The van der Waals surface area contributed by atoms with Gasteiger partial charge in [0.15, 0.2) is 5.79 Å².